The Kier molecular flexibility index (Phi) is 6.36. The van der Waals surface area contributed by atoms with Gasteiger partial charge in [-0.25, -0.2) is 9.78 Å². The molecule has 7 nitrogen and oxygen atoms in total. The molecule has 4 rings (SSSR count). The number of carbonyl (C=O) groups is 2. The molecule has 1 aliphatic rings. The van der Waals surface area contributed by atoms with Crippen LogP contribution in [0.5, 0.6) is 0 Å². The van der Waals surface area contributed by atoms with Gasteiger partial charge in [0.1, 0.15) is 16.2 Å². The number of amides is 2. The Bertz CT molecular complexity index is 1170. The fourth-order valence-corrected chi connectivity index (χ4v) is 4.32. The van der Waals surface area contributed by atoms with E-state index in [0.29, 0.717) is 36.2 Å². The van der Waals surface area contributed by atoms with E-state index in [-0.39, 0.29) is 17.4 Å². The van der Waals surface area contributed by atoms with Crippen molar-refractivity contribution in [3.05, 3.63) is 70.2 Å². The van der Waals surface area contributed by atoms with Gasteiger partial charge >= 0.3 is 5.63 Å². The number of benzene rings is 1. The number of hydrogen-bond acceptors (Lipinski definition) is 6. The number of fused-ring (bicyclic) bond motifs is 1. The Morgan fingerprint density at radius 2 is 1.94 bits per heavy atom. The third-order valence-electron chi connectivity index (χ3n) is 5.53. The summed E-state index contributed by atoms with van der Waals surface area (Å²) < 4.78 is 5.24. The predicted molar refractivity (Wildman–Crippen MR) is 119 cm³/mol. The van der Waals surface area contributed by atoms with Crippen molar-refractivity contribution in [2.24, 2.45) is 5.92 Å². The van der Waals surface area contributed by atoms with Gasteiger partial charge in [-0.3, -0.25) is 9.59 Å². The van der Waals surface area contributed by atoms with Crippen LogP contribution in [-0.2, 0) is 0 Å². The van der Waals surface area contributed by atoms with Crippen LogP contribution in [-0.4, -0.2) is 47.6 Å². The zero-order chi connectivity index (χ0) is 21.8. The van der Waals surface area contributed by atoms with Crippen molar-refractivity contribution >= 4 is 34.5 Å². The van der Waals surface area contributed by atoms with Crippen LogP contribution < -0.4 is 10.9 Å². The number of piperidine rings is 1. The third kappa shape index (κ3) is 4.64. The maximum Gasteiger partial charge on any atom is 0.349 e. The van der Waals surface area contributed by atoms with Crippen molar-refractivity contribution in [2.45, 2.75) is 17.9 Å². The SMILES string of the molecule is CSc1ncccc1C(=O)N1CCC(CNC(=O)c2cc3ccccc3oc2=O)CC1. The number of pyridine rings is 1. The topological polar surface area (TPSA) is 92.5 Å². The van der Waals surface area contributed by atoms with Gasteiger partial charge in [-0.1, -0.05) is 18.2 Å². The smallest absolute Gasteiger partial charge is 0.349 e. The Balaban J connectivity index is 1.33. The number of para-hydroxylation sites is 1. The summed E-state index contributed by atoms with van der Waals surface area (Å²) in [4.78, 5) is 43.6. The van der Waals surface area contributed by atoms with Crippen LogP contribution >= 0.6 is 11.8 Å². The van der Waals surface area contributed by atoms with E-state index in [0.717, 1.165) is 17.9 Å². The van der Waals surface area contributed by atoms with Gasteiger partial charge in [-0.05, 0) is 49.3 Å². The summed E-state index contributed by atoms with van der Waals surface area (Å²) in [6, 6.07) is 12.2. The lowest BCUT2D eigenvalue weighted by atomic mass is 9.96. The minimum absolute atomic E-state index is 0.00583. The normalized spacial score (nSPS) is 14.5. The fraction of sp³-hybridized carbons (Fsp3) is 0.304. The molecule has 0 saturated carbocycles. The number of nitrogens with zero attached hydrogens (tertiary/aromatic N) is 2. The average molecular weight is 438 g/mol. The average Bonchev–Trinajstić information content (AvgIpc) is 2.82. The summed E-state index contributed by atoms with van der Waals surface area (Å²) in [5.41, 5.74) is 0.453. The highest BCUT2D eigenvalue weighted by atomic mass is 32.2. The van der Waals surface area contributed by atoms with Crippen LogP contribution in [0.1, 0.15) is 33.6 Å². The fourth-order valence-electron chi connectivity index (χ4n) is 3.78. The molecule has 1 aliphatic heterocycles. The number of aromatic nitrogens is 1. The number of likely N-dealkylation sites (tertiary alicyclic amines) is 1. The van der Waals surface area contributed by atoms with Crippen molar-refractivity contribution in [3.8, 4) is 0 Å². The summed E-state index contributed by atoms with van der Waals surface area (Å²) in [5, 5.41) is 4.29. The van der Waals surface area contributed by atoms with Gasteiger partial charge in [-0.15, -0.1) is 11.8 Å². The molecule has 0 unspecified atom stereocenters. The van der Waals surface area contributed by atoms with E-state index >= 15 is 0 Å². The van der Waals surface area contributed by atoms with E-state index in [1.165, 1.54) is 11.8 Å². The molecular formula is C23H23N3O4S. The Morgan fingerprint density at radius 3 is 2.71 bits per heavy atom. The van der Waals surface area contributed by atoms with E-state index < -0.39 is 11.5 Å². The molecule has 160 valence electrons. The van der Waals surface area contributed by atoms with Crippen LogP contribution in [0.15, 0.2) is 62.9 Å². The summed E-state index contributed by atoms with van der Waals surface area (Å²) in [7, 11) is 0. The van der Waals surface area contributed by atoms with Crippen molar-refractivity contribution in [3.63, 3.8) is 0 Å². The first kappa shape index (κ1) is 21.1. The number of carbonyl (C=O) groups excluding carboxylic acids is 2. The summed E-state index contributed by atoms with van der Waals surface area (Å²) in [6.45, 7) is 1.70. The lowest BCUT2D eigenvalue weighted by molar-refractivity contribution is 0.0680. The molecule has 3 heterocycles. The van der Waals surface area contributed by atoms with E-state index in [4.69, 9.17) is 4.42 Å². The molecule has 1 aromatic carbocycles. The van der Waals surface area contributed by atoms with E-state index in [1.807, 2.05) is 23.3 Å². The molecule has 0 radical (unpaired) electrons. The van der Waals surface area contributed by atoms with Gasteiger partial charge in [0.2, 0.25) is 0 Å². The highest BCUT2D eigenvalue weighted by Crippen LogP contribution is 2.23. The number of hydrogen-bond donors (Lipinski definition) is 1. The monoisotopic (exact) mass is 437 g/mol. The van der Waals surface area contributed by atoms with E-state index in [1.54, 1.807) is 36.5 Å². The summed E-state index contributed by atoms with van der Waals surface area (Å²) >= 11 is 1.46. The van der Waals surface area contributed by atoms with Crippen LogP contribution in [0.2, 0.25) is 0 Å². The molecule has 3 aromatic rings. The molecule has 1 fully saturated rings. The molecule has 0 bridgehead atoms. The molecule has 31 heavy (non-hydrogen) atoms. The van der Waals surface area contributed by atoms with Crippen molar-refractivity contribution in [1.82, 2.24) is 15.2 Å². The lowest BCUT2D eigenvalue weighted by Crippen LogP contribution is -2.42. The Labute approximate surface area is 183 Å². The molecule has 1 N–H and O–H groups in total. The molecular weight excluding hydrogens is 414 g/mol. The van der Waals surface area contributed by atoms with Gasteiger partial charge < -0.3 is 14.6 Å². The van der Waals surface area contributed by atoms with Crippen molar-refractivity contribution < 1.29 is 14.0 Å². The van der Waals surface area contributed by atoms with Gasteiger partial charge in [0.05, 0.1) is 5.56 Å². The van der Waals surface area contributed by atoms with Crippen LogP contribution in [0.4, 0.5) is 0 Å². The maximum absolute atomic E-state index is 12.8. The van der Waals surface area contributed by atoms with Gasteiger partial charge in [0, 0.05) is 31.2 Å². The minimum Gasteiger partial charge on any atom is -0.422 e. The quantitative estimate of drug-likeness (QED) is 0.487. The third-order valence-corrected chi connectivity index (χ3v) is 6.25. The van der Waals surface area contributed by atoms with Crippen molar-refractivity contribution in [1.29, 1.82) is 0 Å². The molecule has 1 saturated heterocycles. The lowest BCUT2D eigenvalue weighted by Gasteiger charge is -2.32. The first-order chi connectivity index (χ1) is 15.1. The van der Waals surface area contributed by atoms with Gasteiger partial charge in [0.15, 0.2) is 0 Å². The zero-order valence-corrected chi connectivity index (χ0v) is 18.0. The molecule has 0 aliphatic carbocycles. The second-order valence-electron chi connectivity index (χ2n) is 7.49. The van der Waals surface area contributed by atoms with E-state index in [2.05, 4.69) is 10.3 Å². The van der Waals surface area contributed by atoms with Crippen molar-refractivity contribution in [2.75, 3.05) is 25.9 Å². The highest BCUT2D eigenvalue weighted by molar-refractivity contribution is 7.98. The minimum atomic E-state index is -0.641. The molecule has 2 amide bonds. The number of rotatable bonds is 5. The largest absolute Gasteiger partial charge is 0.422 e. The summed E-state index contributed by atoms with van der Waals surface area (Å²) in [5.74, 6) is -0.193. The number of thioether (sulfide) groups is 1. The van der Waals surface area contributed by atoms with Crippen LogP contribution in [0.3, 0.4) is 0 Å². The molecule has 0 atom stereocenters. The molecule has 8 heteroatoms. The zero-order valence-electron chi connectivity index (χ0n) is 17.2. The molecule has 0 spiro atoms. The summed E-state index contributed by atoms with van der Waals surface area (Å²) in [6.07, 6.45) is 5.16. The maximum atomic E-state index is 12.8. The second kappa shape index (κ2) is 9.34. The van der Waals surface area contributed by atoms with Crippen LogP contribution in [0.25, 0.3) is 11.0 Å². The highest BCUT2D eigenvalue weighted by Gasteiger charge is 2.26. The first-order valence-corrected chi connectivity index (χ1v) is 11.4. The number of nitrogens with one attached hydrogen (secondary N) is 1. The van der Waals surface area contributed by atoms with E-state index in [9.17, 15) is 14.4 Å². The standard InChI is InChI=1S/C23H23N3O4S/c1-31-21-17(6-4-10-24-21)22(28)26-11-8-15(9-12-26)14-25-20(27)18-13-16-5-2-3-7-19(16)30-23(18)29/h2-7,10,13,15H,8-9,11-12,14H2,1H3,(H,25,27). The Hall–Kier alpha value is -3.13. The Morgan fingerprint density at radius 1 is 1.16 bits per heavy atom. The second-order valence-corrected chi connectivity index (χ2v) is 8.29. The van der Waals surface area contributed by atoms with Gasteiger partial charge in [-0.2, -0.15) is 0 Å². The van der Waals surface area contributed by atoms with Gasteiger partial charge in [0.25, 0.3) is 11.8 Å². The van der Waals surface area contributed by atoms with Crippen LogP contribution in [0, 0.1) is 5.92 Å². The predicted octanol–water partition coefficient (Wildman–Crippen LogP) is 3.19. The first-order valence-electron chi connectivity index (χ1n) is 10.2. The molecule has 2 aromatic heterocycles.